The summed E-state index contributed by atoms with van der Waals surface area (Å²) in [5.74, 6) is -0.845. The average molecular weight is 317 g/mol. The van der Waals surface area contributed by atoms with Crippen molar-refractivity contribution in [3.8, 4) is 0 Å². The molecule has 0 radical (unpaired) electrons. The molecule has 1 aromatic carbocycles. The Morgan fingerprint density at radius 3 is 2.76 bits per heavy atom. The van der Waals surface area contributed by atoms with Crippen LogP contribution in [0.5, 0.6) is 0 Å². The normalized spacial score (nSPS) is 19.7. The van der Waals surface area contributed by atoms with Crippen molar-refractivity contribution >= 4 is 15.7 Å². The minimum atomic E-state index is -4.05. The summed E-state index contributed by atoms with van der Waals surface area (Å²) in [6.45, 7) is 1.31. The van der Waals surface area contributed by atoms with Gasteiger partial charge in [0.1, 0.15) is 5.82 Å². The maximum Gasteiger partial charge on any atom is 0.292 e. The molecule has 1 aromatic rings. The first-order valence-electron chi connectivity index (χ1n) is 6.46. The smallest absolute Gasteiger partial charge is 0.292 e. The lowest BCUT2D eigenvalue weighted by Gasteiger charge is -2.30. The fraction of sp³-hybridized carbons (Fsp3) is 0.500. The van der Waals surface area contributed by atoms with Gasteiger partial charge in [-0.25, -0.2) is 12.8 Å². The van der Waals surface area contributed by atoms with Gasteiger partial charge in [-0.2, -0.15) is 4.31 Å². The van der Waals surface area contributed by atoms with E-state index in [9.17, 15) is 22.9 Å². The predicted molar refractivity (Wildman–Crippen MR) is 73.9 cm³/mol. The molecule has 2 rings (SSSR count). The van der Waals surface area contributed by atoms with Crippen LogP contribution < -0.4 is 5.32 Å². The Morgan fingerprint density at radius 2 is 2.19 bits per heavy atom. The number of benzene rings is 1. The molecule has 1 aliphatic heterocycles. The molecular formula is C12H16FN3O4S. The molecule has 1 unspecified atom stereocenters. The number of nitro benzene ring substituents is 1. The quantitative estimate of drug-likeness (QED) is 0.663. The van der Waals surface area contributed by atoms with Gasteiger partial charge < -0.3 is 5.32 Å². The molecule has 1 saturated heterocycles. The fourth-order valence-electron chi connectivity index (χ4n) is 2.35. The second-order valence-corrected chi connectivity index (χ2v) is 6.86. The summed E-state index contributed by atoms with van der Waals surface area (Å²) in [6, 6.07) is 2.20. The van der Waals surface area contributed by atoms with E-state index in [-0.39, 0.29) is 6.04 Å². The van der Waals surface area contributed by atoms with Gasteiger partial charge in [0.25, 0.3) is 5.69 Å². The number of hydrogen-bond donors (Lipinski definition) is 1. The van der Waals surface area contributed by atoms with Crippen molar-refractivity contribution in [3.05, 3.63) is 34.1 Å². The molecule has 0 spiro atoms. The van der Waals surface area contributed by atoms with Gasteiger partial charge in [-0.1, -0.05) is 0 Å². The highest BCUT2D eigenvalue weighted by atomic mass is 32.2. The first-order chi connectivity index (χ1) is 9.84. The number of halogens is 1. The van der Waals surface area contributed by atoms with E-state index in [1.165, 1.54) is 7.05 Å². The van der Waals surface area contributed by atoms with Gasteiger partial charge in [0.05, 0.1) is 11.0 Å². The van der Waals surface area contributed by atoms with Crippen molar-refractivity contribution in [1.29, 1.82) is 0 Å². The van der Waals surface area contributed by atoms with Crippen LogP contribution >= 0.6 is 0 Å². The maximum atomic E-state index is 13.1. The van der Waals surface area contributed by atoms with E-state index in [0.29, 0.717) is 19.0 Å². The minimum Gasteiger partial charge on any atom is -0.315 e. The van der Waals surface area contributed by atoms with Gasteiger partial charge in [-0.05, 0) is 31.5 Å². The van der Waals surface area contributed by atoms with Crippen molar-refractivity contribution in [2.75, 3.05) is 20.1 Å². The molecule has 1 aliphatic rings. The monoisotopic (exact) mass is 317 g/mol. The Labute approximate surface area is 122 Å². The van der Waals surface area contributed by atoms with Gasteiger partial charge in [-0.15, -0.1) is 0 Å². The number of piperidine rings is 1. The van der Waals surface area contributed by atoms with Crippen LogP contribution in [0.4, 0.5) is 10.1 Å². The van der Waals surface area contributed by atoms with Gasteiger partial charge in [0.15, 0.2) is 4.90 Å². The third-order valence-corrected chi connectivity index (χ3v) is 5.52. The van der Waals surface area contributed by atoms with Gasteiger partial charge in [-0.3, -0.25) is 10.1 Å². The summed E-state index contributed by atoms with van der Waals surface area (Å²) in [6.07, 6.45) is 1.51. The van der Waals surface area contributed by atoms with E-state index in [2.05, 4.69) is 5.32 Å². The second kappa shape index (κ2) is 6.04. The maximum absolute atomic E-state index is 13.1. The molecule has 1 heterocycles. The summed E-state index contributed by atoms with van der Waals surface area (Å²) in [5, 5.41) is 14.0. The second-order valence-electron chi connectivity index (χ2n) is 4.89. The lowest BCUT2D eigenvalue weighted by molar-refractivity contribution is -0.388. The molecule has 1 N–H and O–H groups in total. The molecule has 1 atom stereocenters. The van der Waals surface area contributed by atoms with Gasteiger partial charge in [0.2, 0.25) is 10.0 Å². The first kappa shape index (κ1) is 15.8. The number of nitro groups is 1. The molecule has 0 saturated carbocycles. The summed E-state index contributed by atoms with van der Waals surface area (Å²) in [5.41, 5.74) is -0.745. The zero-order valence-corrected chi connectivity index (χ0v) is 12.3. The highest BCUT2D eigenvalue weighted by molar-refractivity contribution is 7.89. The number of hydrogen-bond acceptors (Lipinski definition) is 5. The lowest BCUT2D eigenvalue weighted by atomic mass is 10.1. The molecule has 9 heteroatoms. The largest absolute Gasteiger partial charge is 0.315 e. The molecular weight excluding hydrogens is 301 g/mol. The van der Waals surface area contributed by atoms with Crippen LogP contribution in [0.15, 0.2) is 23.1 Å². The van der Waals surface area contributed by atoms with E-state index >= 15 is 0 Å². The van der Waals surface area contributed by atoms with Gasteiger partial charge in [0, 0.05) is 19.6 Å². The van der Waals surface area contributed by atoms with Gasteiger partial charge >= 0.3 is 0 Å². The number of nitrogens with zero attached hydrogens (tertiary/aromatic N) is 2. The number of sulfonamides is 1. The molecule has 7 nitrogen and oxygen atoms in total. The van der Waals surface area contributed by atoms with E-state index in [4.69, 9.17) is 0 Å². The van der Waals surface area contributed by atoms with Crippen LogP contribution in [-0.2, 0) is 10.0 Å². The SMILES string of the molecule is CN(C1CCCNC1)S(=O)(=O)c1ccc(F)cc1[N+](=O)[O-]. The van der Waals surface area contributed by atoms with Crippen LogP contribution in [0.2, 0.25) is 0 Å². The van der Waals surface area contributed by atoms with E-state index < -0.39 is 31.3 Å². The fourth-order valence-corrected chi connectivity index (χ4v) is 3.87. The lowest BCUT2D eigenvalue weighted by Crippen LogP contribution is -2.46. The van der Waals surface area contributed by atoms with Crippen LogP contribution in [0.1, 0.15) is 12.8 Å². The molecule has 0 bridgehead atoms. The Hall–Kier alpha value is -1.58. The van der Waals surface area contributed by atoms with Crippen molar-refractivity contribution in [1.82, 2.24) is 9.62 Å². The summed E-state index contributed by atoms with van der Waals surface area (Å²) in [4.78, 5) is 9.59. The first-order valence-corrected chi connectivity index (χ1v) is 7.90. The molecule has 0 aromatic heterocycles. The highest BCUT2D eigenvalue weighted by Gasteiger charge is 2.34. The topological polar surface area (TPSA) is 92.6 Å². The molecule has 0 aliphatic carbocycles. The zero-order chi connectivity index (χ0) is 15.6. The van der Waals surface area contributed by atoms with Crippen molar-refractivity contribution in [2.24, 2.45) is 0 Å². The Balaban J connectivity index is 2.41. The predicted octanol–water partition coefficient (Wildman–Crippen LogP) is 1.11. The van der Waals surface area contributed by atoms with E-state index in [1.54, 1.807) is 0 Å². The van der Waals surface area contributed by atoms with E-state index in [1.807, 2.05) is 0 Å². The van der Waals surface area contributed by atoms with Crippen LogP contribution in [0, 0.1) is 15.9 Å². The van der Waals surface area contributed by atoms with Crippen molar-refractivity contribution in [2.45, 2.75) is 23.8 Å². The third-order valence-electron chi connectivity index (χ3n) is 3.56. The summed E-state index contributed by atoms with van der Waals surface area (Å²) in [7, 11) is -2.66. The number of rotatable bonds is 4. The van der Waals surface area contributed by atoms with E-state index in [0.717, 1.165) is 29.4 Å². The standard InChI is InChI=1S/C12H16FN3O4S/c1-15(10-3-2-6-14-8-10)21(19,20)12-5-4-9(13)7-11(12)16(17)18/h4-5,7,10,14H,2-3,6,8H2,1H3. The number of likely N-dealkylation sites (N-methyl/N-ethyl adjacent to an activating group) is 1. The Bertz CT molecular complexity index is 644. The molecule has 21 heavy (non-hydrogen) atoms. The zero-order valence-electron chi connectivity index (χ0n) is 11.5. The Kier molecular flexibility index (Phi) is 4.55. The third kappa shape index (κ3) is 3.20. The van der Waals surface area contributed by atoms with Crippen LogP contribution in [0.25, 0.3) is 0 Å². The Morgan fingerprint density at radius 1 is 1.48 bits per heavy atom. The summed E-state index contributed by atoms with van der Waals surface area (Å²) >= 11 is 0. The number of nitrogens with one attached hydrogen (secondary N) is 1. The highest BCUT2D eigenvalue weighted by Crippen LogP contribution is 2.28. The molecule has 0 amide bonds. The van der Waals surface area contributed by atoms with Crippen molar-refractivity contribution in [3.63, 3.8) is 0 Å². The van der Waals surface area contributed by atoms with Crippen molar-refractivity contribution < 1.29 is 17.7 Å². The molecule has 1 fully saturated rings. The average Bonchev–Trinajstić information content (AvgIpc) is 2.47. The molecule has 116 valence electrons. The van der Waals surface area contributed by atoms with Crippen LogP contribution in [0.3, 0.4) is 0 Å². The minimum absolute atomic E-state index is 0.270. The summed E-state index contributed by atoms with van der Waals surface area (Å²) < 4.78 is 39.3. The van der Waals surface area contributed by atoms with Crippen LogP contribution in [-0.4, -0.2) is 43.8 Å².